The van der Waals surface area contributed by atoms with E-state index in [0.717, 1.165) is 28.0 Å². The summed E-state index contributed by atoms with van der Waals surface area (Å²) in [5, 5.41) is 3.69. The van der Waals surface area contributed by atoms with Crippen LogP contribution in [0.4, 0.5) is 5.82 Å². The summed E-state index contributed by atoms with van der Waals surface area (Å²) in [5.41, 5.74) is 4.45. The average Bonchev–Trinajstić information content (AvgIpc) is 3.31. The van der Waals surface area contributed by atoms with E-state index in [1.54, 1.807) is 12.1 Å². The van der Waals surface area contributed by atoms with Crippen LogP contribution in [0.1, 0.15) is 11.1 Å². The number of nitrogens with zero attached hydrogens (tertiary/aromatic N) is 2. The van der Waals surface area contributed by atoms with Crippen molar-refractivity contribution in [3.8, 4) is 17.0 Å². The molecule has 1 amide bonds. The molecule has 0 aliphatic carbocycles. The molecule has 3 heterocycles. The van der Waals surface area contributed by atoms with Crippen LogP contribution in [0.25, 0.3) is 16.9 Å². The number of pyridine rings is 1. The molecule has 0 radical (unpaired) electrons. The Bertz CT molecular complexity index is 1230. The Labute approximate surface area is 172 Å². The van der Waals surface area contributed by atoms with Gasteiger partial charge in [0.05, 0.1) is 0 Å². The molecule has 1 atom stereocenters. The third kappa shape index (κ3) is 3.13. The number of aryl methyl sites for hydroxylation is 1. The number of carbonyl (C=O) groups excluding carboxylic acids is 1. The van der Waals surface area contributed by atoms with Gasteiger partial charge in [-0.25, -0.2) is 4.98 Å². The maximum atomic E-state index is 13.1. The van der Waals surface area contributed by atoms with Crippen molar-refractivity contribution >= 4 is 29.0 Å². The Morgan fingerprint density at radius 2 is 2.00 bits per heavy atom. The van der Waals surface area contributed by atoms with Crippen LogP contribution in [0.2, 0.25) is 5.02 Å². The van der Waals surface area contributed by atoms with Gasteiger partial charge in [-0.2, -0.15) is 0 Å². The van der Waals surface area contributed by atoms with E-state index in [9.17, 15) is 4.79 Å². The highest BCUT2D eigenvalue weighted by Gasteiger charge is 2.30. The van der Waals surface area contributed by atoms with E-state index in [0.29, 0.717) is 23.0 Å². The molecule has 4 aromatic rings. The van der Waals surface area contributed by atoms with Crippen molar-refractivity contribution in [3.05, 3.63) is 83.0 Å². The molecular weight excluding hydrogens is 386 g/mol. The SMILES string of the molecule is Cc1cccn2c(NC(=O)C3Cc4cc(Cl)ccc4O3)c(-c3ccccc3)nc12. The fourth-order valence-electron chi connectivity index (χ4n) is 3.68. The van der Waals surface area contributed by atoms with E-state index in [-0.39, 0.29) is 5.91 Å². The normalized spacial score (nSPS) is 15.2. The lowest BCUT2D eigenvalue weighted by molar-refractivity contribution is -0.122. The number of amides is 1. The third-order valence-electron chi connectivity index (χ3n) is 5.12. The van der Waals surface area contributed by atoms with Gasteiger partial charge in [0.15, 0.2) is 6.10 Å². The van der Waals surface area contributed by atoms with Crippen molar-refractivity contribution in [3.63, 3.8) is 0 Å². The standard InChI is InChI=1S/C23H18ClN3O2/c1-14-6-5-11-27-21(14)25-20(15-7-3-2-4-8-15)22(27)26-23(28)19-13-16-12-17(24)9-10-18(16)29-19/h2-12,19H,13H2,1H3,(H,26,28). The summed E-state index contributed by atoms with van der Waals surface area (Å²) in [4.78, 5) is 17.9. The van der Waals surface area contributed by atoms with Crippen LogP contribution < -0.4 is 10.1 Å². The van der Waals surface area contributed by atoms with Crippen LogP contribution in [0.5, 0.6) is 5.75 Å². The Morgan fingerprint density at radius 3 is 2.83 bits per heavy atom. The summed E-state index contributed by atoms with van der Waals surface area (Å²) in [6.07, 6.45) is 1.78. The second-order valence-electron chi connectivity index (χ2n) is 7.11. The third-order valence-corrected chi connectivity index (χ3v) is 5.36. The smallest absolute Gasteiger partial charge is 0.266 e. The number of imidazole rings is 1. The van der Waals surface area contributed by atoms with Crippen LogP contribution >= 0.6 is 11.6 Å². The van der Waals surface area contributed by atoms with Crippen LogP contribution in [-0.2, 0) is 11.2 Å². The van der Waals surface area contributed by atoms with E-state index in [2.05, 4.69) is 5.32 Å². The molecule has 0 saturated carbocycles. The molecule has 5 rings (SSSR count). The van der Waals surface area contributed by atoms with Gasteiger partial charge in [0.1, 0.15) is 22.9 Å². The second-order valence-corrected chi connectivity index (χ2v) is 7.55. The zero-order valence-corrected chi connectivity index (χ0v) is 16.5. The molecule has 6 heteroatoms. The molecule has 5 nitrogen and oxygen atoms in total. The number of halogens is 1. The first-order valence-electron chi connectivity index (χ1n) is 9.39. The molecule has 1 unspecified atom stereocenters. The van der Waals surface area contributed by atoms with E-state index < -0.39 is 6.10 Å². The highest BCUT2D eigenvalue weighted by atomic mass is 35.5. The predicted molar refractivity (Wildman–Crippen MR) is 114 cm³/mol. The van der Waals surface area contributed by atoms with E-state index in [1.165, 1.54) is 0 Å². The number of ether oxygens (including phenoxy) is 1. The van der Waals surface area contributed by atoms with E-state index >= 15 is 0 Å². The van der Waals surface area contributed by atoms with Crippen LogP contribution in [0, 0.1) is 6.92 Å². The highest BCUT2D eigenvalue weighted by Crippen LogP contribution is 2.33. The van der Waals surface area contributed by atoms with Gasteiger partial charge in [0.2, 0.25) is 0 Å². The molecule has 144 valence electrons. The molecule has 1 aliphatic rings. The number of aromatic nitrogens is 2. The molecule has 0 saturated heterocycles. The quantitative estimate of drug-likeness (QED) is 0.529. The number of hydrogen-bond acceptors (Lipinski definition) is 3. The molecule has 0 bridgehead atoms. The fourth-order valence-corrected chi connectivity index (χ4v) is 3.88. The average molecular weight is 404 g/mol. The Balaban J connectivity index is 1.52. The first kappa shape index (κ1) is 17.8. The molecule has 0 spiro atoms. The summed E-state index contributed by atoms with van der Waals surface area (Å²) in [6, 6.07) is 19.2. The minimum Gasteiger partial charge on any atom is -0.480 e. The monoisotopic (exact) mass is 403 g/mol. The van der Waals surface area contributed by atoms with Crippen molar-refractivity contribution < 1.29 is 9.53 Å². The number of nitrogens with one attached hydrogen (secondary N) is 1. The summed E-state index contributed by atoms with van der Waals surface area (Å²) in [5.74, 6) is 1.13. The van der Waals surface area contributed by atoms with Gasteiger partial charge in [0, 0.05) is 23.2 Å². The number of fused-ring (bicyclic) bond motifs is 2. The van der Waals surface area contributed by atoms with Gasteiger partial charge in [-0.05, 0) is 42.3 Å². The van der Waals surface area contributed by atoms with E-state index in [4.69, 9.17) is 21.3 Å². The maximum Gasteiger partial charge on any atom is 0.266 e. The van der Waals surface area contributed by atoms with E-state index in [1.807, 2.05) is 66.1 Å². The van der Waals surface area contributed by atoms with Crippen LogP contribution in [0.3, 0.4) is 0 Å². The number of anilines is 1. The Hall–Kier alpha value is -3.31. The first-order chi connectivity index (χ1) is 14.1. The Kier molecular flexibility index (Phi) is 4.25. The lowest BCUT2D eigenvalue weighted by Crippen LogP contribution is -2.32. The number of rotatable bonds is 3. The van der Waals surface area contributed by atoms with Crippen molar-refractivity contribution in [1.29, 1.82) is 0 Å². The molecule has 29 heavy (non-hydrogen) atoms. The van der Waals surface area contributed by atoms with Crippen molar-refractivity contribution in [2.75, 3.05) is 5.32 Å². The largest absolute Gasteiger partial charge is 0.480 e. The van der Waals surface area contributed by atoms with Gasteiger partial charge in [-0.3, -0.25) is 9.20 Å². The van der Waals surface area contributed by atoms with Gasteiger partial charge >= 0.3 is 0 Å². The number of carbonyl (C=O) groups is 1. The molecule has 2 aromatic heterocycles. The minimum absolute atomic E-state index is 0.210. The van der Waals surface area contributed by atoms with Crippen LogP contribution in [-0.4, -0.2) is 21.4 Å². The fraction of sp³-hybridized carbons (Fsp3) is 0.130. The number of benzene rings is 2. The van der Waals surface area contributed by atoms with Crippen LogP contribution in [0.15, 0.2) is 66.9 Å². The van der Waals surface area contributed by atoms with Crippen molar-refractivity contribution in [1.82, 2.24) is 9.38 Å². The van der Waals surface area contributed by atoms with Crippen molar-refractivity contribution in [2.24, 2.45) is 0 Å². The lowest BCUT2D eigenvalue weighted by Gasteiger charge is -2.12. The van der Waals surface area contributed by atoms with Crippen molar-refractivity contribution in [2.45, 2.75) is 19.4 Å². The lowest BCUT2D eigenvalue weighted by atomic mass is 10.1. The maximum absolute atomic E-state index is 13.1. The molecule has 0 fully saturated rings. The van der Waals surface area contributed by atoms with Gasteiger partial charge in [-0.15, -0.1) is 0 Å². The second kappa shape index (κ2) is 6.94. The Morgan fingerprint density at radius 1 is 1.17 bits per heavy atom. The highest BCUT2D eigenvalue weighted by molar-refractivity contribution is 6.30. The molecular formula is C23H18ClN3O2. The summed E-state index contributed by atoms with van der Waals surface area (Å²) in [7, 11) is 0. The number of hydrogen-bond donors (Lipinski definition) is 1. The zero-order valence-electron chi connectivity index (χ0n) is 15.7. The molecule has 1 aliphatic heterocycles. The summed E-state index contributed by atoms with van der Waals surface area (Å²) in [6.45, 7) is 2.00. The predicted octanol–water partition coefficient (Wildman–Crippen LogP) is 4.91. The van der Waals surface area contributed by atoms with Gasteiger partial charge in [-0.1, -0.05) is 48.0 Å². The topological polar surface area (TPSA) is 55.6 Å². The van der Waals surface area contributed by atoms with Gasteiger partial charge < -0.3 is 10.1 Å². The molecule has 2 aromatic carbocycles. The zero-order chi connectivity index (χ0) is 20.0. The van der Waals surface area contributed by atoms with Gasteiger partial charge in [0.25, 0.3) is 5.91 Å². The minimum atomic E-state index is -0.609. The molecule has 1 N–H and O–H groups in total. The summed E-state index contributed by atoms with van der Waals surface area (Å²) >= 11 is 6.07. The summed E-state index contributed by atoms with van der Waals surface area (Å²) < 4.78 is 7.76. The first-order valence-corrected chi connectivity index (χ1v) is 9.77.